The summed E-state index contributed by atoms with van der Waals surface area (Å²) < 4.78 is 48.8. The molecule has 1 saturated heterocycles. The maximum absolute atomic E-state index is 14.3. The fraction of sp³-hybridized carbons (Fsp3) is 0.231. The van der Waals surface area contributed by atoms with Crippen LogP contribution in [0.5, 0.6) is 5.75 Å². The van der Waals surface area contributed by atoms with E-state index in [4.69, 9.17) is 9.72 Å². The lowest BCUT2D eigenvalue weighted by molar-refractivity contribution is 0.340. The first-order chi connectivity index (χ1) is 17.4. The van der Waals surface area contributed by atoms with Crippen molar-refractivity contribution in [3.05, 3.63) is 78.6 Å². The number of fused-ring (bicyclic) bond motifs is 1. The molecule has 0 bridgehead atoms. The monoisotopic (exact) mass is 507 g/mol. The van der Waals surface area contributed by atoms with Crippen LogP contribution in [0, 0.1) is 5.82 Å². The van der Waals surface area contributed by atoms with Crippen LogP contribution in [0.1, 0.15) is 6.92 Å². The van der Waals surface area contributed by atoms with Gasteiger partial charge < -0.3 is 14.5 Å². The van der Waals surface area contributed by atoms with Gasteiger partial charge in [-0.15, -0.1) is 0 Å². The van der Waals surface area contributed by atoms with Gasteiger partial charge in [0.05, 0.1) is 28.2 Å². The number of aromatic nitrogens is 2. The van der Waals surface area contributed by atoms with E-state index in [9.17, 15) is 12.8 Å². The molecule has 186 valence electrons. The van der Waals surface area contributed by atoms with E-state index < -0.39 is 10.0 Å². The second-order valence-corrected chi connectivity index (χ2v) is 10.0. The number of nitrogens with one attached hydrogen (secondary N) is 1. The van der Waals surface area contributed by atoms with Gasteiger partial charge >= 0.3 is 0 Å². The SMILES string of the molecule is CCOc1ccc(S(=O)(=O)Nc2nc3ccccc3nc2N2CCN(c3ccccc3F)CC2)cc1. The van der Waals surface area contributed by atoms with Crippen LogP contribution in [0.25, 0.3) is 11.0 Å². The summed E-state index contributed by atoms with van der Waals surface area (Å²) in [4.78, 5) is 13.4. The maximum Gasteiger partial charge on any atom is 0.263 e. The van der Waals surface area contributed by atoms with Crippen molar-refractivity contribution in [1.29, 1.82) is 0 Å². The zero-order valence-electron chi connectivity index (χ0n) is 19.8. The molecule has 0 radical (unpaired) electrons. The van der Waals surface area contributed by atoms with E-state index >= 15 is 0 Å². The first-order valence-electron chi connectivity index (χ1n) is 11.7. The summed E-state index contributed by atoms with van der Waals surface area (Å²) in [5.41, 5.74) is 1.79. The number of anilines is 3. The molecule has 0 amide bonds. The molecule has 8 nitrogen and oxygen atoms in total. The lowest BCUT2D eigenvalue weighted by Crippen LogP contribution is -2.47. The highest BCUT2D eigenvalue weighted by molar-refractivity contribution is 7.92. The molecule has 0 unspecified atom stereocenters. The molecule has 1 N–H and O–H groups in total. The second-order valence-electron chi connectivity index (χ2n) is 8.32. The number of halogens is 1. The first-order valence-corrected chi connectivity index (χ1v) is 13.2. The van der Waals surface area contributed by atoms with Crippen LogP contribution < -0.4 is 19.3 Å². The highest BCUT2D eigenvalue weighted by Gasteiger charge is 2.26. The lowest BCUT2D eigenvalue weighted by atomic mass is 10.2. The minimum atomic E-state index is -3.93. The maximum atomic E-state index is 14.3. The molecule has 1 aromatic heterocycles. The number of hydrogen-bond acceptors (Lipinski definition) is 7. The number of rotatable bonds is 7. The molecular formula is C26H26FN5O3S. The molecule has 10 heteroatoms. The average molecular weight is 508 g/mol. The van der Waals surface area contributed by atoms with E-state index in [0.29, 0.717) is 61.1 Å². The van der Waals surface area contributed by atoms with E-state index in [1.807, 2.05) is 41.0 Å². The summed E-state index contributed by atoms with van der Waals surface area (Å²) >= 11 is 0. The minimum Gasteiger partial charge on any atom is -0.494 e. The van der Waals surface area contributed by atoms with Gasteiger partial charge in [-0.05, 0) is 55.5 Å². The Labute approximate surface area is 209 Å². The number of sulfonamides is 1. The Morgan fingerprint density at radius 3 is 2.14 bits per heavy atom. The van der Waals surface area contributed by atoms with Crippen molar-refractivity contribution < 1.29 is 17.5 Å². The van der Waals surface area contributed by atoms with Crippen LogP contribution in [0.4, 0.5) is 21.7 Å². The molecule has 5 rings (SSSR count). The van der Waals surface area contributed by atoms with Crippen molar-refractivity contribution in [2.75, 3.05) is 47.3 Å². The van der Waals surface area contributed by atoms with Gasteiger partial charge in [0.2, 0.25) is 0 Å². The molecule has 36 heavy (non-hydrogen) atoms. The van der Waals surface area contributed by atoms with E-state index in [0.717, 1.165) is 0 Å². The van der Waals surface area contributed by atoms with Crippen molar-refractivity contribution >= 4 is 38.4 Å². The molecule has 0 atom stereocenters. The second kappa shape index (κ2) is 9.98. The van der Waals surface area contributed by atoms with E-state index in [2.05, 4.69) is 9.71 Å². The van der Waals surface area contributed by atoms with Crippen LogP contribution in [0.15, 0.2) is 77.7 Å². The van der Waals surface area contributed by atoms with E-state index in [1.54, 1.807) is 30.3 Å². The van der Waals surface area contributed by atoms with Crippen LogP contribution in [0.3, 0.4) is 0 Å². The summed E-state index contributed by atoms with van der Waals surface area (Å²) in [6.07, 6.45) is 0. The number of benzene rings is 3. The average Bonchev–Trinajstić information content (AvgIpc) is 2.89. The van der Waals surface area contributed by atoms with Crippen molar-refractivity contribution in [1.82, 2.24) is 9.97 Å². The van der Waals surface area contributed by atoms with Gasteiger partial charge in [0, 0.05) is 26.2 Å². The number of para-hydroxylation sites is 3. The normalized spacial score (nSPS) is 14.2. The number of nitrogens with zero attached hydrogens (tertiary/aromatic N) is 4. The van der Waals surface area contributed by atoms with Gasteiger partial charge in [0.25, 0.3) is 10.0 Å². The summed E-state index contributed by atoms with van der Waals surface area (Å²) in [7, 11) is -3.93. The Morgan fingerprint density at radius 1 is 0.861 bits per heavy atom. The molecule has 0 aliphatic carbocycles. The third-order valence-electron chi connectivity index (χ3n) is 6.00. The van der Waals surface area contributed by atoms with Gasteiger partial charge in [-0.3, -0.25) is 4.72 Å². The van der Waals surface area contributed by atoms with E-state index in [-0.39, 0.29) is 16.5 Å². The third kappa shape index (κ3) is 4.90. The summed E-state index contributed by atoms with van der Waals surface area (Å²) in [6, 6.07) is 20.2. The van der Waals surface area contributed by atoms with Crippen LogP contribution in [-0.2, 0) is 10.0 Å². The summed E-state index contributed by atoms with van der Waals surface area (Å²) in [5.74, 6) is 0.925. The smallest absolute Gasteiger partial charge is 0.263 e. The van der Waals surface area contributed by atoms with Gasteiger partial charge in [-0.1, -0.05) is 24.3 Å². The number of ether oxygens (including phenoxy) is 1. The largest absolute Gasteiger partial charge is 0.494 e. The van der Waals surface area contributed by atoms with Crippen LogP contribution >= 0.6 is 0 Å². The Bertz CT molecular complexity index is 1470. The summed E-state index contributed by atoms with van der Waals surface area (Å²) in [5, 5.41) is 0. The molecule has 0 spiro atoms. The van der Waals surface area contributed by atoms with Gasteiger partial charge in [-0.2, -0.15) is 0 Å². The van der Waals surface area contributed by atoms with Gasteiger partial charge in [0.15, 0.2) is 11.6 Å². The fourth-order valence-corrected chi connectivity index (χ4v) is 5.22. The molecule has 1 aliphatic rings. The quantitative estimate of drug-likeness (QED) is 0.399. The van der Waals surface area contributed by atoms with Crippen LogP contribution in [0.2, 0.25) is 0 Å². The third-order valence-corrected chi connectivity index (χ3v) is 7.36. The molecule has 0 saturated carbocycles. The fourth-order valence-electron chi connectivity index (χ4n) is 4.21. The molecule has 1 aliphatic heterocycles. The molecule has 2 heterocycles. The molecule has 4 aromatic rings. The van der Waals surface area contributed by atoms with Crippen molar-refractivity contribution in [2.45, 2.75) is 11.8 Å². The predicted octanol–water partition coefficient (Wildman–Crippen LogP) is 4.30. The van der Waals surface area contributed by atoms with Gasteiger partial charge in [0.1, 0.15) is 11.6 Å². The van der Waals surface area contributed by atoms with Crippen molar-refractivity contribution in [3.8, 4) is 5.75 Å². The standard InChI is InChI=1S/C26H26FN5O3S/c1-2-35-19-11-13-20(14-12-19)36(33,34)30-25-26(29-23-9-5-4-8-22(23)28-25)32-17-15-31(16-18-32)24-10-6-3-7-21(24)27/h3-14H,2,15-18H2,1H3,(H,28,30). The van der Waals surface area contributed by atoms with Gasteiger partial charge in [-0.25, -0.2) is 22.8 Å². The summed E-state index contributed by atoms with van der Waals surface area (Å²) in [6.45, 7) is 4.52. The topological polar surface area (TPSA) is 87.7 Å². The minimum absolute atomic E-state index is 0.0937. The molecule has 1 fully saturated rings. The van der Waals surface area contributed by atoms with E-state index in [1.165, 1.54) is 18.2 Å². The number of hydrogen-bond donors (Lipinski definition) is 1. The first kappa shape index (κ1) is 23.8. The lowest BCUT2D eigenvalue weighted by Gasteiger charge is -2.37. The Morgan fingerprint density at radius 2 is 1.47 bits per heavy atom. The Kier molecular flexibility index (Phi) is 6.60. The van der Waals surface area contributed by atoms with Crippen molar-refractivity contribution in [2.24, 2.45) is 0 Å². The highest BCUT2D eigenvalue weighted by atomic mass is 32.2. The Hall–Kier alpha value is -3.92. The predicted molar refractivity (Wildman–Crippen MR) is 139 cm³/mol. The zero-order chi connectivity index (χ0) is 25.1. The zero-order valence-corrected chi connectivity index (χ0v) is 20.6. The Balaban J connectivity index is 1.44. The van der Waals surface area contributed by atoms with Crippen LogP contribution in [-0.4, -0.2) is 51.2 Å². The number of piperazine rings is 1. The molecule has 3 aromatic carbocycles. The highest BCUT2D eigenvalue weighted by Crippen LogP contribution is 2.30. The molecular weight excluding hydrogens is 481 g/mol. The van der Waals surface area contributed by atoms with Crippen molar-refractivity contribution in [3.63, 3.8) is 0 Å².